The van der Waals surface area contributed by atoms with Crippen molar-refractivity contribution in [3.05, 3.63) is 71.7 Å². The van der Waals surface area contributed by atoms with Crippen molar-refractivity contribution >= 4 is 28.0 Å². The molecule has 4 aromatic rings. The van der Waals surface area contributed by atoms with E-state index in [4.69, 9.17) is 0 Å². The Morgan fingerprint density at radius 3 is 2.70 bits per heavy atom. The molecule has 0 radical (unpaired) electrons. The number of nitrogens with one attached hydrogen (secondary N) is 1. The third-order valence-electron chi connectivity index (χ3n) is 4.69. The molecule has 1 amide bonds. The van der Waals surface area contributed by atoms with Crippen molar-refractivity contribution in [2.24, 2.45) is 0 Å². The Morgan fingerprint density at radius 1 is 1.11 bits per heavy atom. The molecule has 5 heteroatoms. The minimum atomic E-state index is -0.201. The minimum absolute atomic E-state index is 0.195. The molecular weight excluding hydrogens is 338 g/mol. The predicted octanol–water partition coefficient (Wildman–Crippen LogP) is 4.71. The average Bonchev–Trinajstić information content (AvgIpc) is 3.00. The van der Waals surface area contributed by atoms with Crippen LogP contribution < -0.4 is 5.32 Å². The first-order chi connectivity index (χ1) is 13.1. The summed E-state index contributed by atoms with van der Waals surface area (Å²) in [5.74, 6) is -0.00640. The fourth-order valence-corrected chi connectivity index (χ4v) is 3.44. The maximum atomic E-state index is 13.2. The molecule has 0 spiro atoms. The molecule has 0 saturated heterocycles. The van der Waals surface area contributed by atoms with Gasteiger partial charge in [-0.1, -0.05) is 43.7 Å². The van der Waals surface area contributed by atoms with Crippen LogP contribution in [0.25, 0.3) is 16.4 Å². The standard InChI is InChI=1S/C22H21N3O2/c1-3-6-18-21(25-13-14(2)11-12-20(25)23-18)22(27)24-17-9-4-8-16-15(17)7-5-10-19(16)26/h4-5,7-13,26H,3,6H2,1-2H3,(H,24,27). The molecular formula is C22H21N3O2. The van der Waals surface area contributed by atoms with Crippen LogP contribution in [0.2, 0.25) is 0 Å². The maximum Gasteiger partial charge on any atom is 0.274 e. The zero-order chi connectivity index (χ0) is 19.0. The Labute approximate surface area is 157 Å². The number of anilines is 1. The summed E-state index contributed by atoms with van der Waals surface area (Å²) >= 11 is 0. The first kappa shape index (κ1) is 17.1. The highest BCUT2D eigenvalue weighted by Crippen LogP contribution is 2.30. The summed E-state index contributed by atoms with van der Waals surface area (Å²) in [6, 6.07) is 14.7. The van der Waals surface area contributed by atoms with Gasteiger partial charge < -0.3 is 10.4 Å². The molecule has 0 bridgehead atoms. The minimum Gasteiger partial charge on any atom is -0.507 e. The van der Waals surface area contributed by atoms with Crippen LogP contribution in [-0.2, 0) is 6.42 Å². The number of nitrogens with zero attached hydrogens (tertiary/aromatic N) is 2. The summed E-state index contributed by atoms with van der Waals surface area (Å²) in [5, 5.41) is 14.6. The molecule has 0 atom stereocenters. The molecule has 0 saturated carbocycles. The van der Waals surface area contributed by atoms with Crippen molar-refractivity contribution in [1.82, 2.24) is 9.38 Å². The van der Waals surface area contributed by atoms with Gasteiger partial charge in [0.05, 0.1) is 5.69 Å². The van der Waals surface area contributed by atoms with Gasteiger partial charge in [0.25, 0.3) is 5.91 Å². The summed E-state index contributed by atoms with van der Waals surface area (Å²) in [6.07, 6.45) is 3.58. The largest absolute Gasteiger partial charge is 0.507 e. The van der Waals surface area contributed by atoms with Crippen molar-refractivity contribution in [1.29, 1.82) is 0 Å². The van der Waals surface area contributed by atoms with Crippen molar-refractivity contribution in [2.45, 2.75) is 26.7 Å². The number of rotatable bonds is 4. The first-order valence-electron chi connectivity index (χ1n) is 9.08. The topological polar surface area (TPSA) is 66.6 Å². The predicted molar refractivity (Wildman–Crippen MR) is 107 cm³/mol. The molecule has 27 heavy (non-hydrogen) atoms. The maximum absolute atomic E-state index is 13.2. The summed E-state index contributed by atoms with van der Waals surface area (Å²) in [4.78, 5) is 17.8. The van der Waals surface area contributed by atoms with E-state index < -0.39 is 0 Å². The second-order valence-corrected chi connectivity index (χ2v) is 6.72. The van der Waals surface area contributed by atoms with Crippen LogP contribution in [0.4, 0.5) is 5.69 Å². The van der Waals surface area contributed by atoms with E-state index in [1.54, 1.807) is 12.1 Å². The van der Waals surface area contributed by atoms with Crippen molar-refractivity contribution in [3.63, 3.8) is 0 Å². The number of pyridine rings is 1. The van der Waals surface area contributed by atoms with Crippen molar-refractivity contribution < 1.29 is 9.90 Å². The van der Waals surface area contributed by atoms with Gasteiger partial charge in [0.2, 0.25) is 0 Å². The molecule has 2 aromatic carbocycles. The van der Waals surface area contributed by atoms with Gasteiger partial charge in [0.15, 0.2) is 0 Å². The van der Waals surface area contributed by atoms with Crippen LogP contribution in [0, 0.1) is 6.92 Å². The lowest BCUT2D eigenvalue weighted by Crippen LogP contribution is -2.16. The summed E-state index contributed by atoms with van der Waals surface area (Å²) in [6.45, 7) is 4.07. The summed E-state index contributed by atoms with van der Waals surface area (Å²) in [5.41, 5.74) is 3.85. The fourth-order valence-electron chi connectivity index (χ4n) is 3.44. The Bertz CT molecular complexity index is 1160. The van der Waals surface area contributed by atoms with Crippen molar-refractivity contribution in [2.75, 3.05) is 5.32 Å². The Hall–Kier alpha value is -3.34. The van der Waals surface area contributed by atoms with E-state index in [9.17, 15) is 9.90 Å². The normalized spacial score (nSPS) is 11.2. The van der Waals surface area contributed by atoms with E-state index in [1.807, 2.05) is 53.9 Å². The number of aromatic nitrogens is 2. The summed E-state index contributed by atoms with van der Waals surface area (Å²) in [7, 11) is 0. The van der Waals surface area contributed by atoms with Crippen molar-refractivity contribution in [3.8, 4) is 5.75 Å². The second kappa shape index (κ2) is 6.76. The number of hydrogen-bond acceptors (Lipinski definition) is 3. The van der Waals surface area contributed by atoms with Gasteiger partial charge in [-0.05, 0) is 37.1 Å². The molecule has 5 nitrogen and oxygen atoms in total. The van der Waals surface area contributed by atoms with E-state index in [2.05, 4.69) is 17.2 Å². The van der Waals surface area contributed by atoms with Gasteiger partial charge in [-0.3, -0.25) is 9.20 Å². The third-order valence-corrected chi connectivity index (χ3v) is 4.69. The summed E-state index contributed by atoms with van der Waals surface area (Å²) < 4.78 is 1.86. The van der Waals surface area contributed by atoms with Crippen LogP contribution in [-0.4, -0.2) is 20.4 Å². The molecule has 0 aliphatic rings. The fraction of sp³-hybridized carbons (Fsp3) is 0.182. The number of imidazole rings is 1. The first-order valence-corrected chi connectivity index (χ1v) is 9.08. The number of fused-ring (bicyclic) bond motifs is 2. The number of aromatic hydroxyl groups is 1. The number of amides is 1. The van der Waals surface area contributed by atoms with Crippen LogP contribution in [0.5, 0.6) is 5.75 Å². The molecule has 2 heterocycles. The number of aryl methyl sites for hydroxylation is 2. The van der Waals surface area contributed by atoms with E-state index in [1.165, 1.54) is 0 Å². The second-order valence-electron chi connectivity index (χ2n) is 6.72. The van der Waals surface area contributed by atoms with E-state index >= 15 is 0 Å². The number of carbonyl (C=O) groups is 1. The highest BCUT2D eigenvalue weighted by atomic mass is 16.3. The number of phenolic OH excluding ortho intramolecular Hbond substituents is 1. The van der Waals surface area contributed by atoms with Crippen LogP contribution in [0.3, 0.4) is 0 Å². The lowest BCUT2D eigenvalue weighted by Gasteiger charge is -2.11. The molecule has 0 fully saturated rings. The average molecular weight is 359 g/mol. The number of phenols is 1. The highest BCUT2D eigenvalue weighted by Gasteiger charge is 2.19. The molecule has 0 unspecified atom stereocenters. The van der Waals surface area contributed by atoms with Crippen LogP contribution in [0.15, 0.2) is 54.7 Å². The molecule has 2 aromatic heterocycles. The number of carbonyl (C=O) groups excluding carboxylic acids is 1. The van der Waals surface area contributed by atoms with Crippen LogP contribution >= 0.6 is 0 Å². The monoisotopic (exact) mass is 359 g/mol. The molecule has 4 rings (SSSR count). The Kier molecular flexibility index (Phi) is 4.28. The smallest absolute Gasteiger partial charge is 0.274 e. The zero-order valence-corrected chi connectivity index (χ0v) is 15.4. The van der Waals surface area contributed by atoms with Crippen LogP contribution in [0.1, 0.15) is 35.1 Å². The van der Waals surface area contributed by atoms with Gasteiger partial charge >= 0.3 is 0 Å². The number of benzene rings is 2. The van der Waals surface area contributed by atoms with Gasteiger partial charge in [0, 0.05) is 22.7 Å². The van der Waals surface area contributed by atoms with Gasteiger partial charge in [0.1, 0.15) is 17.1 Å². The van der Waals surface area contributed by atoms with Gasteiger partial charge in [-0.15, -0.1) is 0 Å². The Balaban J connectivity index is 1.81. The zero-order valence-electron chi connectivity index (χ0n) is 15.4. The quantitative estimate of drug-likeness (QED) is 0.555. The molecule has 0 aliphatic heterocycles. The number of hydrogen-bond donors (Lipinski definition) is 2. The highest BCUT2D eigenvalue weighted by molar-refractivity contribution is 6.10. The van der Waals surface area contributed by atoms with E-state index in [0.29, 0.717) is 16.8 Å². The lowest BCUT2D eigenvalue weighted by molar-refractivity contribution is 0.102. The molecule has 2 N–H and O–H groups in total. The third kappa shape index (κ3) is 3.01. The Morgan fingerprint density at radius 2 is 1.89 bits per heavy atom. The lowest BCUT2D eigenvalue weighted by atomic mass is 10.1. The SMILES string of the molecule is CCCc1nc2ccc(C)cn2c1C(=O)Nc1cccc2c(O)cccc12. The van der Waals surface area contributed by atoms with Gasteiger partial charge in [-0.2, -0.15) is 0 Å². The van der Waals surface area contributed by atoms with E-state index in [-0.39, 0.29) is 11.7 Å². The molecule has 0 aliphatic carbocycles. The molecule has 136 valence electrons. The van der Waals surface area contributed by atoms with Gasteiger partial charge in [-0.25, -0.2) is 4.98 Å². The van der Waals surface area contributed by atoms with E-state index in [0.717, 1.165) is 35.1 Å².